The Labute approximate surface area is 313 Å². The van der Waals surface area contributed by atoms with Gasteiger partial charge in [-0.15, -0.1) is 24.8 Å². The summed E-state index contributed by atoms with van der Waals surface area (Å²) in [5.74, 6) is 1.82. The van der Waals surface area contributed by atoms with Crippen LogP contribution in [-0.2, 0) is 9.47 Å². The second-order valence-electron chi connectivity index (χ2n) is 13.4. The van der Waals surface area contributed by atoms with Crippen LogP contribution < -0.4 is 9.47 Å². The highest BCUT2D eigenvalue weighted by Gasteiger charge is 2.26. The normalized spacial score (nSPS) is 16.4. The van der Waals surface area contributed by atoms with Crippen molar-refractivity contribution in [2.45, 2.75) is 78.1 Å². The third-order valence-electron chi connectivity index (χ3n) is 9.57. The van der Waals surface area contributed by atoms with Crippen molar-refractivity contribution in [1.29, 1.82) is 0 Å². The summed E-state index contributed by atoms with van der Waals surface area (Å²) in [6, 6.07) is 15.4. The maximum atomic E-state index is 13.9. The summed E-state index contributed by atoms with van der Waals surface area (Å²) in [5.41, 5.74) is 1.49. The molecule has 2 atom stereocenters. The Bertz CT molecular complexity index is 1090. The molecule has 0 radical (unpaired) electrons. The van der Waals surface area contributed by atoms with E-state index in [-0.39, 0.29) is 48.2 Å². The second-order valence-corrected chi connectivity index (χ2v) is 13.4. The fourth-order valence-corrected chi connectivity index (χ4v) is 6.57. The van der Waals surface area contributed by atoms with Gasteiger partial charge in [-0.3, -0.25) is 19.4 Å². The Morgan fingerprint density at radius 2 is 0.940 bits per heavy atom. The number of halogens is 2. The minimum Gasteiger partial charge on any atom is -0.494 e. The van der Waals surface area contributed by atoms with Crippen molar-refractivity contribution >= 4 is 36.4 Å². The number of hydrogen-bond acceptors (Lipinski definition) is 8. The van der Waals surface area contributed by atoms with Gasteiger partial charge in [0, 0.05) is 62.2 Å². The largest absolute Gasteiger partial charge is 0.494 e. The molecular weight excluding hydrogens is 675 g/mol. The number of hydrogen-bond donors (Lipinski definition) is 0. The van der Waals surface area contributed by atoms with Crippen molar-refractivity contribution in [1.82, 2.24) is 9.80 Å². The number of unbranched alkanes of at least 4 members (excludes halogenated alkanes) is 5. The molecule has 2 aromatic carbocycles. The molecule has 8 nitrogen and oxygen atoms in total. The summed E-state index contributed by atoms with van der Waals surface area (Å²) in [6.07, 6.45) is 10.1. The number of benzene rings is 2. The summed E-state index contributed by atoms with van der Waals surface area (Å²) in [5, 5.41) is 0. The number of rotatable bonds is 23. The van der Waals surface area contributed by atoms with Gasteiger partial charge >= 0.3 is 0 Å². The lowest BCUT2D eigenvalue weighted by Gasteiger charge is -2.31. The third kappa shape index (κ3) is 15.6. The Balaban J connectivity index is 0.00000433. The molecule has 2 aromatic rings. The fraction of sp³-hybridized carbons (Fsp3) is 0.650. The monoisotopic (exact) mass is 736 g/mol. The van der Waals surface area contributed by atoms with Crippen molar-refractivity contribution in [3.8, 4) is 11.5 Å². The quantitative estimate of drug-likeness (QED) is 0.0835. The molecule has 0 N–H and O–H groups in total. The van der Waals surface area contributed by atoms with Crippen molar-refractivity contribution < 1.29 is 28.5 Å². The molecule has 0 amide bonds. The van der Waals surface area contributed by atoms with Gasteiger partial charge < -0.3 is 18.9 Å². The van der Waals surface area contributed by atoms with Crippen LogP contribution >= 0.6 is 24.8 Å². The predicted octanol–water partition coefficient (Wildman–Crippen LogP) is 8.19. The van der Waals surface area contributed by atoms with Gasteiger partial charge in [0.25, 0.3) is 0 Å². The van der Waals surface area contributed by atoms with E-state index >= 15 is 0 Å². The first-order chi connectivity index (χ1) is 23.6. The standard InChI is InChI=1S/C40H60N2O6.2ClH/c1-3-5-9-25-47-37-17-13-33(14-18-37)39(43)35(31-41-21-27-45-28-22-41)11-7-8-12-36(32-42-23-29-46-30-24-42)40(44)34-15-19-38(20-16-34)48-26-10-6-4-2;;/h13-20,35-36H,3-12,21-32H2,1-2H3;2*1H. The SMILES string of the molecule is CCCCCOc1ccc(C(=O)C(CCCCC(CN2CCOCC2)C(=O)c2ccc(OCCCCC)cc2)CN2CCOCC2)cc1.Cl.Cl. The van der Waals surface area contributed by atoms with Gasteiger partial charge in [0.1, 0.15) is 11.5 Å². The lowest BCUT2D eigenvalue weighted by molar-refractivity contribution is 0.0283. The highest BCUT2D eigenvalue weighted by molar-refractivity contribution is 5.98. The first kappa shape index (κ1) is 44.0. The molecule has 2 heterocycles. The first-order valence-corrected chi connectivity index (χ1v) is 18.7. The summed E-state index contributed by atoms with van der Waals surface area (Å²) in [4.78, 5) is 32.4. The highest BCUT2D eigenvalue weighted by atomic mass is 35.5. The Kier molecular flexibility index (Phi) is 22.6. The Morgan fingerprint density at radius 1 is 0.580 bits per heavy atom. The van der Waals surface area contributed by atoms with Crippen molar-refractivity contribution in [2.24, 2.45) is 11.8 Å². The van der Waals surface area contributed by atoms with E-state index in [2.05, 4.69) is 23.6 Å². The third-order valence-corrected chi connectivity index (χ3v) is 9.57. The van der Waals surface area contributed by atoms with Crippen molar-refractivity contribution in [3.05, 3.63) is 59.7 Å². The maximum Gasteiger partial charge on any atom is 0.167 e. The average Bonchev–Trinajstić information content (AvgIpc) is 3.13. The molecule has 2 saturated heterocycles. The molecule has 282 valence electrons. The fourth-order valence-electron chi connectivity index (χ4n) is 6.57. The van der Waals surface area contributed by atoms with E-state index < -0.39 is 0 Å². The Morgan fingerprint density at radius 3 is 1.28 bits per heavy atom. The van der Waals surface area contributed by atoms with Crippen LogP contribution in [0.25, 0.3) is 0 Å². The van der Waals surface area contributed by atoms with Crippen LogP contribution in [0.1, 0.15) is 98.8 Å². The molecular formula is C40H62Cl2N2O6. The van der Waals surface area contributed by atoms with E-state index in [0.717, 1.165) is 126 Å². The molecule has 0 saturated carbocycles. The van der Waals surface area contributed by atoms with Gasteiger partial charge in [-0.25, -0.2) is 0 Å². The second kappa shape index (κ2) is 25.7. The van der Waals surface area contributed by atoms with Crippen LogP contribution in [-0.4, -0.2) is 100 Å². The number of carbonyl (C=O) groups is 2. The van der Waals surface area contributed by atoms with Gasteiger partial charge in [-0.2, -0.15) is 0 Å². The smallest absolute Gasteiger partial charge is 0.167 e. The number of morpholine rings is 2. The first-order valence-electron chi connectivity index (χ1n) is 18.7. The van der Waals surface area contributed by atoms with E-state index in [0.29, 0.717) is 39.6 Å². The zero-order valence-corrected chi connectivity index (χ0v) is 32.1. The van der Waals surface area contributed by atoms with Crippen LogP contribution in [0.3, 0.4) is 0 Å². The zero-order chi connectivity index (χ0) is 33.8. The number of Topliss-reactive ketones (excluding diaryl/α,β-unsaturated/α-hetero) is 2. The van der Waals surface area contributed by atoms with Gasteiger partial charge in [-0.1, -0.05) is 52.4 Å². The number of ketones is 2. The lowest BCUT2D eigenvalue weighted by atomic mass is 9.88. The van der Waals surface area contributed by atoms with Crippen molar-refractivity contribution in [3.63, 3.8) is 0 Å². The molecule has 0 aromatic heterocycles. The number of nitrogens with zero attached hydrogens (tertiary/aromatic N) is 2. The zero-order valence-electron chi connectivity index (χ0n) is 30.5. The van der Waals surface area contributed by atoms with Crippen LogP contribution in [0, 0.1) is 11.8 Å². The van der Waals surface area contributed by atoms with Gasteiger partial charge in [-0.05, 0) is 74.2 Å². The minimum absolute atomic E-state index is 0. The number of ether oxygens (including phenoxy) is 4. The molecule has 0 aliphatic carbocycles. The summed E-state index contributed by atoms with van der Waals surface area (Å²) < 4.78 is 22.9. The highest BCUT2D eigenvalue weighted by Crippen LogP contribution is 2.24. The van der Waals surface area contributed by atoms with Crippen LogP contribution in [0.2, 0.25) is 0 Å². The van der Waals surface area contributed by atoms with Crippen LogP contribution in [0.15, 0.2) is 48.5 Å². The van der Waals surface area contributed by atoms with Crippen LogP contribution in [0.5, 0.6) is 11.5 Å². The van der Waals surface area contributed by atoms with Crippen molar-refractivity contribution in [2.75, 3.05) is 78.9 Å². The van der Waals surface area contributed by atoms with Gasteiger partial charge in [0.2, 0.25) is 0 Å². The molecule has 2 fully saturated rings. The minimum atomic E-state index is -0.0994. The van der Waals surface area contributed by atoms with E-state index in [1.807, 2.05) is 48.5 Å². The topological polar surface area (TPSA) is 77.5 Å². The Hall–Kier alpha value is -2.20. The van der Waals surface area contributed by atoms with Gasteiger partial charge in [0.05, 0.1) is 39.6 Å². The molecule has 0 bridgehead atoms. The van der Waals surface area contributed by atoms with Crippen LogP contribution in [0.4, 0.5) is 0 Å². The predicted molar refractivity (Wildman–Crippen MR) is 206 cm³/mol. The molecule has 2 unspecified atom stereocenters. The molecule has 0 spiro atoms. The van der Waals surface area contributed by atoms with E-state index in [4.69, 9.17) is 18.9 Å². The summed E-state index contributed by atoms with van der Waals surface area (Å²) >= 11 is 0. The molecule has 50 heavy (non-hydrogen) atoms. The molecule has 2 aliphatic rings. The molecule has 4 rings (SSSR count). The van der Waals surface area contributed by atoms with E-state index in [1.54, 1.807) is 0 Å². The maximum absolute atomic E-state index is 13.9. The van der Waals surface area contributed by atoms with E-state index in [1.165, 1.54) is 0 Å². The lowest BCUT2D eigenvalue weighted by Crippen LogP contribution is -2.41. The summed E-state index contributed by atoms with van der Waals surface area (Å²) in [6.45, 7) is 13.5. The average molecular weight is 738 g/mol. The number of carbonyl (C=O) groups excluding carboxylic acids is 2. The summed E-state index contributed by atoms with van der Waals surface area (Å²) in [7, 11) is 0. The molecule has 10 heteroatoms. The van der Waals surface area contributed by atoms with E-state index in [9.17, 15) is 9.59 Å². The molecule has 2 aliphatic heterocycles. The van der Waals surface area contributed by atoms with Gasteiger partial charge in [0.15, 0.2) is 11.6 Å².